The van der Waals surface area contributed by atoms with Crippen molar-refractivity contribution in [3.05, 3.63) is 18.1 Å². The Morgan fingerprint density at radius 2 is 2.10 bits per heavy atom. The van der Waals surface area contributed by atoms with E-state index in [4.69, 9.17) is 0 Å². The minimum atomic E-state index is -0.336. The highest BCUT2D eigenvalue weighted by molar-refractivity contribution is 5.82. The molecule has 1 N–H and O–H groups in total. The molecule has 1 saturated heterocycles. The molecule has 0 saturated carbocycles. The lowest BCUT2D eigenvalue weighted by Crippen LogP contribution is -2.44. The van der Waals surface area contributed by atoms with E-state index < -0.39 is 0 Å². The molecule has 1 aliphatic rings. The summed E-state index contributed by atoms with van der Waals surface area (Å²) in [4.78, 5) is 23.0. The number of amides is 1. The summed E-state index contributed by atoms with van der Waals surface area (Å²) in [6, 6.07) is 0. The zero-order valence-electron chi connectivity index (χ0n) is 12.8. The molecule has 6 heteroatoms. The van der Waals surface area contributed by atoms with Crippen molar-refractivity contribution in [3.63, 3.8) is 0 Å². The van der Waals surface area contributed by atoms with Crippen molar-refractivity contribution in [1.29, 1.82) is 0 Å². The van der Waals surface area contributed by atoms with Gasteiger partial charge in [-0.05, 0) is 12.8 Å². The topological polar surface area (TPSA) is 74.8 Å². The van der Waals surface area contributed by atoms with Crippen molar-refractivity contribution in [1.82, 2.24) is 25.1 Å². The summed E-state index contributed by atoms with van der Waals surface area (Å²) >= 11 is 0. The van der Waals surface area contributed by atoms with Crippen LogP contribution >= 0.6 is 0 Å². The lowest BCUT2D eigenvalue weighted by molar-refractivity contribution is -0.140. The van der Waals surface area contributed by atoms with Crippen LogP contribution in [-0.4, -0.2) is 44.1 Å². The minimum absolute atomic E-state index is 0.210. The lowest BCUT2D eigenvalue weighted by atomic mass is 9.90. The first-order chi connectivity index (χ1) is 9.97. The van der Waals surface area contributed by atoms with Crippen molar-refractivity contribution < 1.29 is 4.79 Å². The summed E-state index contributed by atoms with van der Waals surface area (Å²) < 4.78 is 0. The lowest BCUT2D eigenvalue weighted by Gasteiger charge is -2.36. The molecule has 6 nitrogen and oxygen atoms in total. The second kappa shape index (κ2) is 5.09. The van der Waals surface area contributed by atoms with Crippen molar-refractivity contribution in [2.75, 3.05) is 13.1 Å². The van der Waals surface area contributed by atoms with Crippen molar-refractivity contribution in [3.8, 4) is 0 Å². The number of carbonyl (C=O) groups is 1. The van der Waals surface area contributed by atoms with Gasteiger partial charge in [0.05, 0.1) is 5.69 Å². The van der Waals surface area contributed by atoms with Gasteiger partial charge < -0.3 is 4.90 Å². The van der Waals surface area contributed by atoms with Gasteiger partial charge in [0.2, 0.25) is 5.91 Å². The Labute approximate surface area is 124 Å². The fourth-order valence-electron chi connectivity index (χ4n) is 2.92. The van der Waals surface area contributed by atoms with Gasteiger partial charge in [-0.2, -0.15) is 5.10 Å². The maximum absolute atomic E-state index is 12.5. The van der Waals surface area contributed by atoms with Gasteiger partial charge in [-0.3, -0.25) is 9.89 Å². The number of likely N-dealkylation sites (tertiary alicyclic amines) is 1. The number of hydrogen-bond acceptors (Lipinski definition) is 4. The smallest absolute Gasteiger partial charge is 0.227 e. The van der Waals surface area contributed by atoms with Crippen LogP contribution in [0.25, 0.3) is 11.2 Å². The number of H-pyrrole nitrogens is 1. The highest BCUT2D eigenvalue weighted by Crippen LogP contribution is 2.31. The molecule has 0 radical (unpaired) electrons. The Morgan fingerprint density at radius 1 is 1.33 bits per heavy atom. The maximum Gasteiger partial charge on any atom is 0.227 e. The standard InChI is InChI=1S/C15H21N5O/c1-15(2,3)14(21)20-8-4-5-10(9-20)11-12-13(19-18-11)17-7-6-16-12/h6-7,10H,4-5,8-9H2,1-3H3,(H,17,18,19)/t10-/m0/s1. The molecule has 2 aromatic rings. The van der Waals surface area contributed by atoms with Gasteiger partial charge in [-0.15, -0.1) is 0 Å². The van der Waals surface area contributed by atoms with Crippen LogP contribution < -0.4 is 0 Å². The predicted octanol–water partition coefficient (Wildman–Crippen LogP) is 2.10. The maximum atomic E-state index is 12.5. The average molecular weight is 287 g/mol. The van der Waals surface area contributed by atoms with E-state index in [9.17, 15) is 4.79 Å². The number of aromatic amines is 1. The zero-order valence-corrected chi connectivity index (χ0v) is 12.8. The van der Waals surface area contributed by atoms with Crippen LogP contribution in [0.5, 0.6) is 0 Å². The molecule has 1 atom stereocenters. The molecule has 1 amide bonds. The van der Waals surface area contributed by atoms with E-state index in [1.807, 2.05) is 25.7 Å². The van der Waals surface area contributed by atoms with Crippen molar-refractivity contribution in [2.45, 2.75) is 39.5 Å². The predicted molar refractivity (Wildman–Crippen MR) is 79.7 cm³/mol. The number of nitrogens with zero attached hydrogens (tertiary/aromatic N) is 4. The molecule has 1 fully saturated rings. The van der Waals surface area contributed by atoms with E-state index in [2.05, 4.69) is 20.2 Å². The first-order valence-electron chi connectivity index (χ1n) is 7.41. The van der Waals surface area contributed by atoms with Gasteiger partial charge in [0.15, 0.2) is 5.65 Å². The molecule has 1 aliphatic heterocycles. The molecule has 3 rings (SSSR count). The fraction of sp³-hybridized carbons (Fsp3) is 0.600. The molecule has 0 aliphatic carbocycles. The normalized spacial score (nSPS) is 20.0. The number of carbonyl (C=O) groups excluding carboxylic acids is 1. The van der Waals surface area contributed by atoms with Gasteiger partial charge in [-0.1, -0.05) is 20.8 Å². The average Bonchev–Trinajstić information content (AvgIpc) is 2.89. The molecule has 112 valence electrons. The summed E-state index contributed by atoms with van der Waals surface area (Å²) in [5.41, 5.74) is 2.14. The summed E-state index contributed by atoms with van der Waals surface area (Å²) in [6.07, 6.45) is 5.38. The summed E-state index contributed by atoms with van der Waals surface area (Å²) in [5.74, 6) is 0.467. The van der Waals surface area contributed by atoms with Crippen LogP contribution in [0.2, 0.25) is 0 Å². The number of rotatable bonds is 1. The first-order valence-corrected chi connectivity index (χ1v) is 7.41. The van der Waals surface area contributed by atoms with Crippen LogP contribution in [0, 0.1) is 5.41 Å². The summed E-state index contributed by atoms with van der Waals surface area (Å²) in [6.45, 7) is 7.47. The van der Waals surface area contributed by atoms with Crippen LogP contribution in [0.3, 0.4) is 0 Å². The van der Waals surface area contributed by atoms with Crippen LogP contribution in [0.15, 0.2) is 12.4 Å². The number of fused-ring (bicyclic) bond motifs is 1. The van der Waals surface area contributed by atoms with E-state index in [0.717, 1.165) is 37.1 Å². The van der Waals surface area contributed by atoms with Crippen LogP contribution in [-0.2, 0) is 4.79 Å². The third kappa shape index (κ3) is 2.62. The Kier molecular flexibility index (Phi) is 3.39. The number of aromatic nitrogens is 4. The van der Waals surface area contributed by atoms with Crippen molar-refractivity contribution >= 4 is 17.1 Å². The molecular formula is C15H21N5O. The first kappa shape index (κ1) is 14.0. The van der Waals surface area contributed by atoms with Gasteiger partial charge in [-0.25, -0.2) is 9.97 Å². The number of nitrogens with one attached hydrogen (secondary N) is 1. The van der Waals surface area contributed by atoms with Gasteiger partial charge in [0.25, 0.3) is 0 Å². The number of piperidine rings is 1. The Hall–Kier alpha value is -1.98. The summed E-state index contributed by atoms with van der Waals surface area (Å²) in [7, 11) is 0. The van der Waals surface area contributed by atoms with Crippen LogP contribution in [0.1, 0.15) is 45.2 Å². The van der Waals surface area contributed by atoms with Gasteiger partial charge in [0, 0.05) is 36.8 Å². The largest absolute Gasteiger partial charge is 0.342 e. The van der Waals surface area contributed by atoms with Crippen LogP contribution in [0.4, 0.5) is 0 Å². The molecule has 0 spiro atoms. The van der Waals surface area contributed by atoms with Crippen molar-refractivity contribution in [2.24, 2.45) is 5.41 Å². The van der Waals surface area contributed by atoms with Gasteiger partial charge >= 0.3 is 0 Å². The van der Waals surface area contributed by atoms with E-state index in [1.54, 1.807) is 12.4 Å². The third-order valence-electron chi connectivity index (χ3n) is 3.97. The quantitative estimate of drug-likeness (QED) is 0.871. The minimum Gasteiger partial charge on any atom is -0.342 e. The highest BCUT2D eigenvalue weighted by atomic mass is 16.2. The molecule has 3 heterocycles. The monoisotopic (exact) mass is 287 g/mol. The second-order valence-corrected chi connectivity index (χ2v) is 6.71. The molecule has 2 aromatic heterocycles. The van der Waals surface area contributed by atoms with E-state index in [1.165, 1.54) is 0 Å². The van der Waals surface area contributed by atoms with Gasteiger partial charge in [0.1, 0.15) is 5.52 Å². The van der Waals surface area contributed by atoms with E-state index in [-0.39, 0.29) is 17.2 Å². The van der Waals surface area contributed by atoms with E-state index >= 15 is 0 Å². The SMILES string of the molecule is CC(C)(C)C(=O)N1CCC[C@H](c2[nH]nc3nccnc23)C1. The Morgan fingerprint density at radius 3 is 2.86 bits per heavy atom. The fourth-order valence-corrected chi connectivity index (χ4v) is 2.92. The highest BCUT2D eigenvalue weighted by Gasteiger charge is 2.32. The second-order valence-electron chi connectivity index (χ2n) is 6.71. The molecule has 21 heavy (non-hydrogen) atoms. The Bertz CT molecular complexity index is 657. The summed E-state index contributed by atoms with van der Waals surface area (Å²) in [5, 5.41) is 7.28. The Balaban J connectivity index is 1.85. The zero-order chi connectivity index (χ0) is 15.0. The molecule has 0 aromatic carbocycles. The number of hydrogen-bond donors (Lipinski definition) is 1. The third-order valence-corrected chi connectivity index (χ3v) is 3.97. The van der Waals surface area contributed by atoms with E-state index in [0.29, 0.717) is 5.65 Å². The molecular weight excluding hydrogens is 266 g/mol. The molecule has 0 unspecified atom stereocenters. The molecule has 0 bridgehead atoms.